The topological polar surface area (TPSA) is 78.2 Å². The lowest BCUT2D eigenvalue weighted by Crippen LogP contribution is -1.97. The summed E-state index contributed by atoms with van der Waals surface area (Å²) in [5, 5.41) is 10.8. The zero-order valence-corrected chi connectivity index (χ0v) is 9.95. The van der Waals surface area contributed by atoms with Crippen LogP contribution in [0.3, 0.4) is 0 Å². The van der Waals surface area contributed by atoms with Gasteiger partial charge in [0, 0.05) is 6.07 Å². The van der Waals surface area contributed by atoms with Crippen molar-refractivity contribution < 1.29 is 9.66 Å². The van der Waals surface area contributed by atoms with Gasteiger partial charge in [-0.3, -0.25) is 10.1 Å². The summed E-state index contributed by atoms with van der Waals surface area (Å²) in [4.78, 5) is 18.5. The Morgan fingerprint density at radius 3 is 2.61 bits per heavy atom. The molecule has 0 aliphatic carbocycles. The van der Waals surface area contributed by atoms with Crippen molar-refractivity contribution in [3.8, 4) is 11.5 Å². The molecule has 0 unspecified atom stereocenters. The molecule has 2 rings (SSSR count). The smallest absolute Gasteiger partial charge is 0.311 e. The number of benzene rings is 1. The van der Waals surface area contributed by atoms with Crippen molar-refractivity contribution in [2.45, 2.75) is 13.8 Å². The maximum absolute atomic E-state index is 10.8. The highest BCUT2D eigenvalue weighted by atomic mass is 16.6. The second kappa shape index (κ2) is 4.79. The number of ether oxygens (including phenoxy) is 1. The fourth-order valence-corrected chi connectivity index (χ4v) is 1.49. The van der Waals surface area contributed by atoms with E-state index in [2.05, 4.69) is 9.97 Å². The van der Waals surface area contributed by atoms with Crippen molar-refractivity contribution in [3.05, 3.63) is 52.1 Å². The van der Waals surface area contributed by atoms with Gasteiger partial charge < -0.3 is 4.74 Å². The number of hydrogen-bond donors (Lipinski definition) is 0. The second-order valence-electron chi connectivity index (χ2n) is 3.69. The van der Waals surface area contributed by atoms with E-state index in [0.717, 1.165) is 0 Å². The third-order valence-electron chi connectivity index (χ3n) is 2.34. The molecule has 0 aliphatic rings. The molecule has 1 aromatic heterocycles. The van der Waals surface area contributed by atoms with Crippen molar-refractivity contribution in [2.24, 2.45) is 0 Å². The zero-order valence-electron chi connectivity index (χ0n) is 9.95. The van der Waals surface area contributed by atoms with Gasteiger partial charge in [0.15, 0.2) is 5.75 Å². The first-order chi connectivity index (χ1) is 8.58. The SMILES string of the molecule is Cc1ncc(Oc2ccccc2[N+](=O)[O-])c(C)n1. The molecule has 0 atom stereocenters. The second-order valence-corrected chi connectivity index (χ2v) is 3.69. The molecule has 0 radical (unpaired) electrons. The van der Waals surface area contributed by atoms with E-state index in [0.29, 0.717) is 17.3 Å². The van der Waals surface area contributed by atoms with Gasteiger partial charge in [-0.2, -0.15) is 0 Å². The Hall–Kier alpha value is -2.50. The lowest BCUT2D eigenvalue weighted by Gasteiger charge is -2.07. The lowest BCUT2D eigenvalue weighted by molar-refractivity contribution is -0.385. The molecular weight excluding hydrogens is 234 g/mol. The van der Waals surface area contributed by atoms with Crippen LogP contribution in [0.4, 0.5) is 5.69 Å². The average Bonchev–Trinajstić information content (AvgIpc) is 2.33. The molecule has 0 amide bonds. The van der Waals surface area contributed by atoms with Crippen LogP contribution in [-0.2, 0) is 0 Å². The minimum absolute atomic E-state index is 0.0857. The normalized spacial score (nSPS) is 10.1. The summed E-state index contributed by atoms with van der Waals surface area (Å²) in [7, 11) is 0. The van der Waals surface area contributed by atoms with E-state index in [1.807, 2.05) is 0 Å². The number of nitro benzene ring substituents is 1. The summed E-state index contributed by atoms with van der Waals surface area (Å²) in [6.07, 6.45) is 1.51. The predicted octanol–water partition coefficient (Wildman–Crippen LogP) is 2.79. The van der Waals surface area contributed by atoms with E-state index in [4.69, 9.17) is 4.74 Å². The highest BCUT2D eigenvalue weighted by Crippen LogP contribution is 2.31. The Balaban J connectivity index is 2.37. The van der Waals surface area contributed by atoms with Gasteiger partial charge in [0.2, 0.25) is 5.75 Å². The van der Waals surface area contributed by atoms with Gasteiger partial charge in [-0.25, -0.2) is 9.97 Å². The number of rotatable bonds is 3. The lowest BCUT2D eigenvalue weighted by atomic mass is 10.3. The van der Waals surface area contributed by atoms with Crippen LogP contribution in [0.15, 0.2) is 30.5 Å². The molecule has 1 heterocycles. The fourth-order valence-electron chi connectivity index (χ4n) is 1.49. The van der Waals surface area contributed by atoms with Crippen molar-refractivity contribution in [3.63, 3.8) is 0 Å². The summed E-state index contributed by atoms with van der Waals surface area (Å²) in [6, 6.07) is 6.19. The molecule has 0 aliphatic heterocycles. The van der Waals surface area contributed by atoms with Crippen molar-refractivity contribution in [2.75, 3.05) is 0 Å². The molecule has 0 fully saturated rings. The van der Waals surface area contributed by atoms with Crippen LogP contribution < -0.4 is 4.74 Å². The molecule has 0 bridgehead atoms. The Bertz CT molecular complexity index is 599. The summed E-state index contributed by atoms with van der Waals surface area (Å²) >= 11 is 0. The quantitative estimate of drug-likeness (QED) is 0.613. The summed E-state index contributed by atoms with van der Waals surface area (Å²) < 4.78 is 5.49. The summed E-state index contributed by atoms with van der Waals surface area (Å²) in [5.74, 6) is 1.22. The van der Waals surface area contributed by atoms with E-state index in [1.54, 1.807) is 26.0 Å². The standard InChI is InChI=1S/C12H11N3O3/c1-8-12(7-13-9(2)14-8)18-11-6-4-3-5-10(11)15(16)17/h3-7H,1-2H3. The van der Waals surface area contributed by atoms with Crippen LogP contribution in [0.5, 0.6) is 11.5 Å². The fraction of sp³-hybridized carbons (Fsp3) is 0.167. The Morgan fingerprint density at radius 2 is 1.94 bits per heavy atom. The Morgan fingerprint density at radius 1 is 1.22 bits per heavy atom. The van der Waals surface area contributed by atoms with E-state index in [1.165, 1.54) is 18.3 Å². The van der Waals surface area contributed by atoms with Gasteiger partial charge >= 0.3 is 5.69 Å². The predicted molar refractivity (Wildman–Crippen MR) is 64.7 cm³/mol. The molecule has 2 aromatic rings. The molecule has 18 heavy (non-hydrogen) atoms. The molecule has 92 valence electrons. The Labute approximate surface area is 103 Å². The van der Waals surface area contributed by atoms with Crippen LogP contribution in [0, 0.1) is 24.0 Å². The highest BCUT2D eigenvalue weighted by Gasteiger charge is 2.15. The third-order valence-corrected chi connectivity index (χ3v) is 2.34. The number of para-hydroxylation sites is 2. The van der Waals surface area contributed by atoms with Gasteiger partial charge in [0.05, 0.1) is 16.8 Å². The Kier molecular flexibility index (Phi) is 3.18. The van der Waals surface area contributed by atoms with E-state index < -0.39 is 4.92 Å². The number of hydrogen-bond acceptors (Lipinski definition) is 5. The average molecular weight is 245 g/mol. The monoisotopic (exact) mass is 245 g/mol. The number of aryl methyl sites for hydroxylation is 2. The molecule has 6 heteroatoms. The van der Waals surface area contributed by atoms with Gasteiger partial charge in [-0.15, -0.1) is 0 Å². The first-order valence-corrected chi connectivity index (χ1v) is 5.29. The number of aromatic nitrogens is 2. The van der Waals surface area contributed by atoms with Crippen LogP contribution in [0.1, 0.15) is 11.5 Å². The van der Waals surface area contributed by atoms with Gasteiger partial charge in [-0.05, 0) is 19.9 Å². The third kappa shape index (κ3) is 2.42. The first kappa shape index (κ1) is 12.0. The molecule has 1 aromatic carbocycles. The van der Waals surface area contributed by atoms with E-state index >= 15 is 0 Å². The summed E-state index contributed by atoms with van der Waals surface area (Å²) in [6.45, 7) is 3.53. The van der Waals surface area contributed by atoms with E-state index in [9.17, 15) is 10.1 Å². The molecule has 6 nitrogen and oxygen atoms in total. The molecule has 0 N–H and O–H groups in total. The van der Waals surface area contributed by atoms with Crippen molar-refractivity contribution in [1.29, 1.82) is 0 Å². The number of nitrogens with zero attached hydrogens (tertiary/aromatic N) is 3. The molecule has 0 saturated carbocycles. The van der Waals surface area contributed by atoms with Gasteiger partial charge in [0.25, 0.3) is 0 Å². The maximum Gasteiger partial charge on any atom is 0.311 e. The number of nitro groups is 1. The minimum Gasteiger partial charge on any atom is -0.447 e. The van der Waals surface area contributed by atoms with Crippen LogP contribution in [-0.4, -0.2) is 14.9 Å². The van der Waals surface area contributed by atoms with Crippen molar-refractivity contribution >= 4 is 5.69 Å². The van der Waals surface area contributed by atoms with Crippen LogP contribution in [0.25, 0.3) is 0 Å². The zero-order chi connectivity index (χ0) is 13.1. The van der Waals surface area contributed by atoms with Crippen LogP contribution in [0.2, 0.25) is 0 Å². The highest BCUT2D eigenvalue weighted by molar-refractivity contribution is 5.48. The van der Waals surface area contributed by atoms with Crippen molar-refractivity contribution in [1.82, 2.24) is 9.97 Å². The van der Waals surface area contributed by atoms with Gasteiger partial charge in [-0.1, -0.05) is 12.1 Å². The first-order valence-electron chi connectivity index (χ1n) is 5.29. The largest absolute Gasteiger partial charge is 0.447 e. The molecule has 0 saturated heterocycles. The maximum atomic E-state index is 10.8. The summed E-state index contributed by atoms with van der Waals surface area (Å²) in [5.41, 5.74) is 0.554. The minimum atomic E-state index is -0.486. The van der Waals surface area contributed by atoms with Crippen LogP contribution >= 0.6 is 0 Å². The van der Waals surface area contributed by atoms with Gasteiger partial charge in [0.1, 0.15) is 5.82 Å². The molecule has 0 spiro atoms. The van der Waals surface area contributed by atoms with E-state index in [-0.39, 0.29) is 11.4 Å². The molecular formula is C12H11N3O3.